The average molecular weight is 488 g/mol. The summed E-state index contributed by atoms with van der Waals surface area (Å²) in [5.41, 5.74) is 7.96. The van der Waals surface area contributed by atoms with Crippen molar-refractivity contribution in [1.82, 2.24) is 0 Å². The predicted octanol–water partition coefficient (Wildman–Crippen LogP) is 7.26. The molecular weight excluding hydrogens is 464 g/mol. The molecule has 0 nitrogen and oxygen atoms in total. The van der Waals surface area contributed by atoms with Gasteiger partial charge in [-0.3, -0.25) is 12.2 Å². The fraction of sp³-hybridized carbons (Fsp3) is 0.0645. The Labute approximate surface area is 206 Å². The van der Waals surface area contributed by atoms with Crippen LogP contribution in [0.3, 0.4) is 0 Å². The van der Waals surface area contributed by atoms with E-state index in [2.05, 4.69) is 126 Å². The van der Waals surface area contributed by atoms with Crippen molar-refractivity contribution >= 4 is 16.4 Å². The second-order valence-corrected chi connectivity index (χ2v) is 7.57. The van der Waals surface area contributed by atoms with Gasteiger partial charge >= 0.3 is 28.4 Å². The van der Waals surface area contributed by atoms with Crippen molar-refractivity contribution in [3.63, 3.8) is 0 Å². The van der Waals surface area contributed by atoms with Crippen molar-refractivity contribution < 1.29 is 24.2 Å². The Morgan fingerprint density at radius 1 is 0.469 bits per heavy atom. The summed E-state index contributed by atoms with van der Waals surface area (Å²) in [6.07, 6.45) is 11.0. The number of fused-ring (bicyclic) bond motifs is 2. The Balaban J connectivity index is 0.000000142. The van der Waals surface area contributed by atoms with Crippen LogP contribution in [0.4, 0.5) is 0 Å². The van der Waals surface area contributed by atoms with Crippen LogP contribution >= 0.6 is 0 Å². The Hall–Kier alpha value is -2.89. The van der Waals surface area contributed by atoms with E-state index >= 15 is 0 Å². The van der Waals surface area contributed by atoms with E-state index in [9.17, 15) is 0 Å². The van der Waals surface area contributed by atoms with E-state index in [4.69, 9.17) is 0 Å². The summed E-state index contributed by atoms with van der Waals surface area (Å²) >= 11 is 1.30. The third kappa shape index (κ3) is 4.95. The molecule has 0 bridgehead atoms. The Morgan fingerprint density at radius 3 is 1.22 bits per heavy atom. The van der Waals surface area contributed by atoms with Crippen LogP contribution in [0, 0.1) is 12.2 Å². The summed E-state index contributed by atoms with van der Waals surface area (Å²) in [6, 6.07) is 38.1. The topological polar surface area (TPSA) is 0 Å². The Bertz CT molecular complexity index is 1110. The van der Waals surface area contributed by atoms with E-state index < -0.39 is 0 Å². The van der Waals surface area contributed by atoms with Gasteiger partial charge < -0.3 is 0 Å². The Kier molecular flexibility index (Phi) is 7.75. The number of allylic oxidation sites excluding steroid dienone is 2. The van der Waals surface area contributed by atoms with Crippen LogP contribution in [0.25, 0.3) is 12.2 Å². The SMILES string of the molecule is [C-]1=Cc2ccccc2C1c1ccccc1.[C-]1=Cc2ccccc2C1c1ccccc1.[CH2]=[Zr+2]. The van der Waals surface area contributed by atoms with Gasteiger partial charge in [-0.25, -0.2) is 12.2 Å². The quantitative estimate of drug-likeness (QED) is 0.261. The zero-order valence-electron chi connectivity index (χ0n) is 17.9. The van der Waals surface area contributed by atoms with Gasteiger partial charge in [0.1, 0.15) is 0 Å². The number of benzene rings is 4. The normalized spacial score (nSPS) is 16.8. The van der Waals surface area contributed by atoms with Crippen LogP contribution in [0.1, 0.15) is 45.2 Å². The van der Waals surface area contributed by atoms with Gasteiger partial charge in [0, 0.05) is 0 Å². The van der Waals surface area contributed by atoms with E-state index in [1.165, 1.54) is 57.6 Å². The van der Waals surface area contributed by atoms with Crippen molar-refractivity contribution in [3.05, 3.63) is 155 Å². The molecule has 6 rings (SSSR count). The molecule has 0 saturated heterocycles. The fourth-order valence-corrected chi connectivity index (χ4v) is 4.18. The molecule has 0 spiro atoms. The van der Waals surface area contributed by atoms with Crippen molar-refractivity contribution in [2.24, 2.45) is 0 Å². The minimum atomic E-state index is 0.322. The van der Waals surface area contributed by atoms with Gasteiger partial charge in [-0.1, -0.05) is 120 Å². The van der Waals surface area contributed by atoms with Crippen molar-refractivity contribution in [2.45, 2.75) is 11.8 Å². The molecule has 152 valence electrons. The molecule has 2 aliphatic carbocycles. The molecule has 0 amide bonds. The summed E-state index contributed by atoms with van der Waals surface area (Å²) in [7, 11) is 0. The molecule has 4 aromatic rings. The third-order valence-electron chi connectivity index (χ3n) is 5.69. The van der Waals surface area contributed by atoms with Crippen LogP contribution in [0.2, 0.25) is 0 Å². The summed E-state index contributed by atoms with van der Waals surface area (Å²) in [6.45, 7) is 0. The molecule has 0 heterocycles. The first-order chi connectivity index (χ1) is 15.9. The molecule has 0 aliphatic heterocycles. The van der Waals surface area contributed by atoms with E-state index in [1.807, 2.05) is 12.1 Å². The fourth-order valence-electron chi connectivity index (χ4n) is 4.18. The molecule has 0 radical (unpaired) electrons. The summed E-state index contributed by atoms with van der Waals surface area (Å²) in [5.74, 6) is 0.643. The monoisotopic (exact) mass is 486 g/mol. The van der Waals surface area contributed by atoms with Crippen LogP contribution < -0.4 is 0 Å². The van der Waals surface area contributed by atoms with Crippen molar-refractivity contribution in [3.8, 4) is 0 Å². The van der Waals surface area contributed by atoms with E-state index in [0.29, 0.717) is 11.8 Å². The zero-order valence-corrected chi connectivity index (χ0v) is 20.4. The Morgan fingerprint density at radius 2 is 0.812 bits per heavy atom. The molecule has 2 aliphatic rings. The maximum absolute atomic E-state index is 3.41. The first-order valence-electron chi connectivity index (χ1n) is 10.7. The van der Waals surface area contributed by atoms with Gasteiger partial charge in [-0.15, -0.1) is 23.3 Å². The maximum atomic E-state index is 3.41. The number of hydrogen-bond acceptors (Lipinski definition) is 0. The van der Waals surface area contributed by atoms with Crippen molar-refractivity contribution in [2.75, 3.05) is 0 Å². The van der Waals surface area contributed by atoms with Crippen LogP contribution in [0.15, 0.2) is 109 Å². The van der Waals surface area contributed by atoms with Gasteiger partial charge in [0.05, 0.1) is 0 Å². The third-order valence-corrected chi connectivity index (χ3v) is 5.69. The van der Waals surface area contributed by atoms with E-state index in [0.717, 1.165) is 0 Å². The molecule has 2 atom stereocenters. The summed E-state index contributed by atoms with van der Waals surface area (Å²) in [5, 5.41) is 0. The molecule has 2 unspecified atom stereocenters. The van der Waals surface area contributed by atoms with Gasteiger partial charge in [-0.2, -0.15) is 11.1 Å². The second-order valence-electron chi connectivity index (χ2n) is 7.57. The molecule has 0 N–H and O–H groups in total. The van der Waals surface area contributed by atoms with Gasteiger partial charge in [0.25, 0.3) is 0 Å². The van der Waals surface area contributed by atoms with Crippen molar-refractivity contribution in [1.29, 1.82) is 0 Å². The minimum absolute atomic E-state index is 0.322. The molecule has 0 saturated carbocycles. The van der Waals surface area contributed by atoms with Crippen LogP contribution in [-0.4, -0.2) is 4.21 Å². The summed E-state index contributed by atoms with van der Waals surface area (Å²) in [4.78, 5) is 0. The zero-order chi connectivity index (χ0) is 22.2. The number of hydrogen-bond donors (Lipinski definition) is 0. The molecule has 4 aromatic carbocycles. The second kappa shape index (κ2) is 11.1. The van der Waals surface area contributed by atoms with Gasteiger partial charge in [0.2, 0.25) is 0 Å². The van der Waals surface area contributed by atoms with E-state index in [1.54, 1.807) is 0 Å². The first-order valence-corrected chi connectivity index (χ1v) is 12.5. The number of rotatable bonds is 2. The standard InChI is InChI=1S/2C15H11.CH2.Zr/c2*1-2-6-12(7-3-1)15-11-10-13-8-4-5-9-14(13)15;;/h2*1-10,15H;1H2;/q2*-1;;+2. The summed E-state index contributed by atoms with van der Waals surface area (Å²) < 4.78 is 3.34. The molecule has 0 aromatic heterocycles. The van der Waals surface area contributed by atoms with Gasteiger partial charge in [0.15, 0.2) is 0 Å². The van der Waals surface area contributed by atoms with E-state index in [-0.39, 0.29) is 0 Å². The molecule has 32 heavy (non-hydrogen) atoms. The molecule has 1 heteroatoms. The molecule has 0 fully saturated rings. The van der Waals surface area contributed by atoms with Crippen LogP contribution in [-0.2, 0) is 24.2 Å². The van der Waals surface area contributed by atoms with Crippen LogP contribution in [0.5, 0.6) is 0 Å². The first kappa shape index (κ1) is 22.3. The average Bonchev–Trinajstić information content (AvgIpc) is 3.51. The predicted molar refractivity (Wildman–Crippen MR) is 132 cm³/mol. The van der Waals surface area contributed by atoms with Gasteiger partial charge in [-0.05, 0) is 0 Å². The molecular formula is C31H24Zr.